The summed E-state index contributed by atoms with van der Waals surface area (Å²) in [4.78, 5) is 15.1. The Balaban J connectivity index is 1.14. The second-order valence-corrected chi connectivity index (χ2v) is 12.4. The monoisotopic (exact) mass is 645 g/mol. The van der Waals surface area contributed by atoms with E-state index in [0.29, 0.717) is 23.4 Å². The van der Waals surface area contributed by atoms with Crippen molar-refractivity contribution in [2.75, 3.05) is 0 Å². The van der Waals surface area contributed by atoms with Gasteiger partial charge in [0.2, 0.25) is 0 Å². The quantitative estimate of drug-likeness (QED) is 0.147. The van der Waals surface area contributed by atoms with Crippen molar-refractivity contribution in [1.29, 1.82) is 0 Å². The molecule has 5 aromatic carbocycles. The molecule has 0 fully saturated rings. The van der Waals surface area contributed by atoms with Crippen molar-refractivity contribution in [2.45, 2.75) is 18.8 Å². The van der Waals surface area contributed by atoms with Crippen molar-refractivity contribution >= 4 is 27.5 Å². The van der Waals surface area contributed by atoms with Crippen LogP contribution < -0.4 is 0 Å². The highest BCUT2D eigenvalue weighted by Gasteiger charge is 2.18. The van der Waals surface area contributed by atoms with Crippen molar-refractivity contribution in [1.82, 2.24) is 15.0 Å². The maximum atomic E-state index is 6.16. The number of hydrogen-bond donors (Lipinski definition) is 0. The molecule has 1 atom stereocenters. The normalized spacial score (nSPS) is 14.6. The summed E-state index contributed by atoms with van der Waals surface area (Å²) in [6.07, 6.45) is 18.2. The molecular weight excluding hydrogens is 611 g/mol. The Bertz CT molecular complexity index is 2430. The molecule has 4 heteroatoms. The van der Waals surface area contributed by atoms with E-state index in [2.05, 4.69) is 128 Å². The minimum absolute atomic E-state index is 0.332. The molecule has 2 aromatic heterocycles. The molecule has 0 aliphatic heterocycles. The zero-order chi connectivity index (χ0) is 33.7. The molecule has 1 aliphatic carbocycles. The summed E-state index contributed by atoms with van der Waals surface area (Å²) < 4.78 is 6.16. The van der Waals surface area contributed by atoms with Gasteiger partial charge in [-0.25, -0.2) is 15.0 Å². The Hall–Kier alpha value is -6.39. The number of rotatable bonds is 9. The number of furan rings is 1. The second-order valence-electron chi connectivity index (χ2n) is 12.4. The summed E-state index contributed by atoms with van der Waals surface area (Å²) in [5, 5.41) is 2.24. The molecule has 0 N–H and O–H groups in total. The number of benzene rings is 5. The smallest absolute Gasteiger partial charge is 0.164 e. The molecule has 0 radical (unpaired) electrons. The van der Waals surface area contributed by atoms with Crippen LogP contribution in [-0.4, -0.2) is 15.0 Å². The van der Waals surface area contributed by atoms with Crippen molar-refractivity contribution in [3.8, 4) is 33.9 Å². The van der Waals surface area contributed by atoms with Gasteiger partial charge < -0.3 is 4.42 Å². The molecule has 1 aliphatic rings. The molecule has 0 saturated heterocycles. The summed E-state index contributed by atoms with van der Waals surface area (Å²) in [7, 11) is 0. The van der Waals surface area contributed by atoms with Crippen LogP contribution in [0.25, 0.3) is 61.4 Å². The first-order valence-corrected chi connectivity index (χ1v) is 17.0. The lowest BCUT2D eigenvalue weighted by Crippen LogP contribution is -2.05. The summed E-state index contributed by atoms with van der Waals surface area (Å²) in [6.45, 7) is 3.72. The number of fused-ring (bicyclic) bond motifs is 3. The van der Waals surface area contributed by atoms with E-state index in [-0.39, 0.29) is 0 Å². The van der Waals surface area contributed by atoms with E-state index in [0.717, 1.165) is 62.6 Å². The molecule has 8 rings (SSSR count). The second kappa shape index (κ2) is 14.0. The third kappa shape index (κ3) is 6.39. The summed E-state index contributed by atoms with van der Waals surface area (Å²) >= 11 is 0. The van der Waals surface area contributed by atoms with Crippen LogP contribution in [0.4, 0.5) is 0 Å². The summed E-state index contributed by atoms with van der Waals surface area (Å²) in [5.74, 6) is 2.30. The predicted molar refractivity (Wildman–Crippen MR) is 207 cm³/mol. The zero-order valence-corrected chi connectivity index (χ0v) is 27.6. The van der Waals surface area contributed by atoms with E-state index in [1.807, 2.05) is 42.5 Å². The zero-order valence-electron chi connectivity index (χ0n) is 27.6. The Labute approximate surface area is 292 Å². The van der Waals surface area contributed by atoms with Crippen LogP contribution in [0, 0.1) is 0 Å². The van der Waals surface area contributed by atoms with Gasteiger partial charge in [-0.1, -0.05) is 164 Å². The Morgan fingerprint density at radius 3 is 2.06 bits per heavy atom. The minimum atomic E-state index is 0.332. The molecule has 2 heterocycles. The van der Waals surface area contributed by atoms with Gasteiger partial charge in [-0.05, 0) is 47.2 Å². The molecular formula is C46H35N3O. The molecule has 50 heavy (non-hydrogen) atoms. The average Bonchev–Trinajstić information content (AvgIpc) is 3.57. The topological polar surface area (TPSA) is 51.8 Å². The molecule has 0 bridgehead atoms. The molecule has 0 saturated carbocycles. The van der Waals surface area contributed by atoms with Crippen LogP contribution in [0.15, 0.2) is 181 Å². The minimum Gasteiger partial charge on any atom is -0.456 e. The predicted octanol–water partition coefficient (Wildman–Crippen LogP) is 11.7. The molecule has 0 spiro atoms. The van der Waals surface area contributed by atoms with Gasteiger partial charge >= 0.3 is 0 Å². The number of nitrogens with zero attached hydrogens (tertiary/aromatic N) is 3. The largest absolute Gasteiger partial charge is 0.456 e. The van der Waals surface area contributed by atoms with Crippen LogP contribution in [0.2, 0.25) is 0 Å². The van der Waals surface area contributed by atoms with Crippen molar-refractivity contribution in [3.63, 3.8) is 0 Å². The molecule has 4 nitrogen and oxygen atoms in total. The van der Waals surface area contributed by atoms with Crippen LogP contribution in [0.5, 0.6) is 0 Å². The van der Waals surface area contributed by atoms with Crippen molar-refractivity contribution in [3.05, 3.63) is 193 Å². The summed E-state index contributed by atoms with van der Waals surface area (Å²) in [6, 6.07) is 42.0. The van der Waals surface area contributed by atoms with Gasteiger partial charge in [-0.2, -0.15) is 0 Å². The Morgan fingerprint density at radius 1 is 0.640 bits per heavy atom. The lowest BCUT2D eigenvalue weighted by atomic mass is 9.90. The fourth-order valence-electron chi connectivity index (χ4n) is 6.53. The highest BCUT2D eigenvalue weighted by atomic mass is 16.3. The van der Waals surface area contributed by atoms with E-state index in [1.165, 1.54) is 11.1 Å². The fraction of sp³-hybridized carbons (Fsp3) is 0.0652. The van der Waals surface area contributed by atoms with Gasteiger partial charge in [0.15, 0.2) is 17.5 Å². The SMILES string of the molecule is C=C/C=C\C=C/Cc1ccc(-c2nc(C3=CCC(c4ccccc4)C=C3)nc(-c3ccc(-c4cccc5oc6ccccc6c45)cc3)n2)cc1. The molecule has 7 aromatic rings. The van der Waals surface area contributed by atoms with Gasteiger partial charge in [0, 0.05) is 33.4 Å². The van der Waals surface area contributed by atoms with Gasteiger partial charge in [0.05, 0.1) is 0 Å². The maximum Gasteiger partial charge on any atom is 0.164 e. The average molecular weight is 646 g/mol. The first-order valence-electron chi connectivity index (χ1n) is 17.0. The van der Waals surface area contributed by atoms with E-state index in [9.17, 15) is 0 Å². The lowest BCUT2D eigenvalue weighted by Gasteiger charge is -2.17. The lowest BCUT2D eigenvalue weighted by molar-refractivity contribution is 0.669. The number of para-hydroxylation sites is 1. The third-order valence-corrected chi connectivity index (χ3v) is 9.14. The van der Waals surface area contributed by atoms with E-state index in [1.54, 1.807) is 6.08 Å². The first-order chi connectivity index (χ1) is 24.7. The standard InChI is InChI=1S/C46H35N3O/c1-2-3-4-5-7-13-32-20-22-36(23-21-32)44-47-45(37-28-24-34(25-29-37)33-14-8-6-9-15-33)49-46(48-44)38-30-26-35(27-31-38)39-17-12-19-42-43(39)40-16-10-11-18-41(40)50-42/h2-12,14-24,26-31,34H,1,13,25H2/b4-3-,7-5-. The molecule has 1 unspecified atom stereocenters. The van der Waals surface area contributed by atoms with Crippen molar-refractivity contribution < 1.29 is 4.42 Å². The van der Waals surface area contributed by atoms with Crippen LogP contribution in [0.1, 0.15) is 29.3 Å². The Morgan fingerprint density at radius 2 is 1.32 bits per heavy atom. The van der Waals surface area contributed by atoms with Gasteiger partial charge in [0.1, 0.15) is 11.2 Å². The number of aromatic nitrogens is 3. The third-order valence-electron chi connectivity index (χ3n) is 9.14. The van der Waals surface area contributed by atoms with Gasteiger partial charge in [-0.3, -0.25) is 0 Å². The van der Waals surface area contributed by atoms with E-state index < -0.39 is 0 Å². The first kappa shape index (κ1) is 30.9. The molecule has 240 valence electrons. The number of allylic oxidation sites excluding steroid dienone is 9. The van der Waals surface area contributed by atoms with Crippen LogP contribution >= 0.6 is 0 Å². The highest BCUT2D eigenvalue weighted by molar-refractivity contribution is 6.12. The van der Waals surface area contributed by atoms with Gasteiger partial charge in [-0.15, -0.1) is 0 Å². The van der Waals surface area contributed by atoms with Crippen molar-refractivity contribution in [2.24, 2.45) is 0 Å². The highest BCUT2D eigenvalue weighted by Crippen LogP contribution is 2.37. The summed E-state index contributed by atoms with van der Waals surface area (Å²) in [5.41, 5.74) is 9.42. The van der Waals surface area contributed by atoms with E-state index in [4.69, 9.17) is 19.4 Å². The van der Waals surface area contributed by atoms with Crippen LogP contribution in [-0.2, 0) is 6.42 Å². The van der Waals surface area contributed by atoms with Crippen LogP contribution in [0.3, 0.4) is 0 Å². The van der Waals surface area contributed by atoms with E-state index >= 15 is 0 Å². The maximum absolute atomic E-state index is 6.16. The number of hydrogen-bond acceptors (Lipinski definition) is 4. The molecule has 0 amide bonds. The fourth-order valence-corrected chi connectivity index (χ4v) is 6.53. The van der Waals surface area contributed by atoms with Gasteiger partial charge in [0.25, 0.3) is 0 Å². The Kier molecular flexibility index (Phi) is 8.65.